The van der Waals surface area contributed by atoms with Gasteiger partial charge in [0.25, 0.3) is 5.91 Å². The summed E-state index contributed by atoms with van der Waals surface area (Å²) in [7, 11) is 0. The van der Waals surface area contributed by atoms with Gasteiger partial charge in [-0.3, -0.25) is 9.69 Å². The summed E-state index contributed by atoms with van der Waals surface area (Å²) in [5.41, 5.74) is 1.41. The van der Waals surface area contributed by atoms with E-state index in [4.69, 9.17) is 12.2 Å². The fourth-order valence-electron chi connectivity index (χ4n) is 3.15. The number of rotatable bonds is 2. The lowest BCUT2D eigenvalue weighted by atomic mass is 9.94. The number of carbonyl (C=O) groups is 1. The first-order chi connectivity index (χ1) is 11.0. The summed E-state index contributed by atoms with van der Waals surface area (Å²) in [5.74, 6) is 0.181. The molecule has 1 saturated heterocycles. The maximum atomic E-state index is 12.8. The van der Waals surface area contributed by atoms with Crippen molar-refractivity contribution in [3.05, 3.63) is 32.6 Å². The summed E-state index contributed by atoms with van der Waals surface area (Å²) >= 11 is 10.2. The standard InChI is InChI=1S/C17H18BrNO2S2/c1-10-7-12(18)8-11(15(10)20)9-14-16(21)19(17(22)23-14)13-5-3-2-4-6-13/h7-9,13,20H,2-6H2,1H3. The molecular weight excluding hydrogens is 394 g/mol. The van der Waals surface area contributed by atoms with Gasteiger partial charge in [-0.2, -0.15) is 0 Å². The highest BCUT2D eigenvalue weighted by molar-refractivity contribution is 9.10. The fraction of sp³-hybridized carbons (Fsp3) is 0.412. The molecule has 1 heterocycles. The molecule has 0 unspecified atom stereocenters. The van der Waals surface area contributed by atoms with Crippen LogP contribution in [0.4, 0.5) is 0 Å². The molecule has 2 fully saturated rings. The van der Waals surface area contributed by atoms with Crippen molar-refractivity contribution in [2.45, 2.75) is 45.1 Å². The van der Waals surface area contributed by atoms with Crippen LogP contribution in [0.15, 0.2) is 21.5 Å². The molecule has 1 aromatic rings. The van der Waals surface area contributed by atoms with E-state index in [1.807, 2.05) is 19.1 Å². The number of aromatic hydroxyl groups is 1. The van der Waals surface area contributed by atoms with E-state index < -0.39 is 0 Å². The zero-order chi connectivity index (χ0) is 16.6. The second-order valence-corrected chi connectivity index (χ2v) is 8.60. The Morgan fingerprint density at radius 1 is 1.35 bits per heavy atom. The Morgan fingerprint density at radius 2 is 2.04 bits per heavy atom. The largest absolute Gasteiger partial charge is 0.507 e. The number of thioether (sulfide) groups is 1. The zero-order valence-electron chi connectivity index (χ0n) is 12.8. The highest BCUT2D eigenvalue weighted by Gasteiger charge is 2.37. The summed E-state index contributed by atoms with van der Waals surface area (Å²) in [6.45, 7) is 1.84. The number of carbonyl (C=O) groups excluding carboxylic acids is 1. The first-order valence-corrected chi connectivity index (χ1v) is 9.75. The maximum absolute atomic E-state index is 12.8. The zero-order valence-corrected chi connectivity index (χ0v) is 16.1. The average Bonchev–Trinajstić information content (AvgIpc) is 2.79. The summed E-state index contributed by atoms with van der Waals surface area (Å²) in [5, 5.41) is 10.2. The van der Waals surface area contributed by atoms with Crippen LogP contribution in [0.3, 0.4) is 0 Å². The van der Waals surface area contributed by atoms with E-state index in [-0.39, 0.29) is 17.7 Å². The summed E-state index contributed by atoms with van der Waals surface area (Å²) < 4.78 is 1.51. The van der Waals surface area contributed by atoms with E-state index in [0.717, 1.165) is 35.7 Å². The number of hydrogen-bond donors (Lipinski definition) is 1. The third-order valence-electron chi connectivity index (χ3n) is 4.34. The monoisotopic (exact) mass is 411 g/mol. The molecule has 6 heteroatoms. The normalized spacial score (nSPS) is 21.5. The number of thiocarbonyl (C=S) groups is 1. The molecule has 0 atom stereocenters. The van der Waals surface area contributed by atoms with Crippen molar-refractivity contribution in [2.75, 3.05) is 0 Å². The molecule has 0 bridgehead atoms. The Bertz CT molecular complexity index is 696. The van der Waals surface area contributed by atoms with Gasteiger partial charge in [0.2, 0.25) is 0 Å². The average molecular weight is 412 g/mol. The van der Waals surface area contributed by atoms with Gasteiger partial charge >= 0.3 is 0 Å². The number of hydrogen-bond acceptors (Lipinski definition) is 4. The maximum Gasteiger partial charge on any atom is 0.266 e. The number of phenolic OH excluding ortho intramolecular Hbond substituents is 1. The van der Waals surface area contributed by atoms with Crippen LogP contribution in [0.2, 0.25) is 0 Å². The van der Waals surface area contributed by atoms with E-state index in [2.05, 4.69) is 15.9 Å². The van der Waals surface area contributed by atoms with Gasteiger partial charge in [0.15, 0.2) is 0 Å². The molecule has 1 aliphatic carbocycles. The van der Waals surface area contributed by atoms with E-state index >= 15 is 0 Å². The topological polar surface area (TPSA) is 40.5 Å². The lowest BCUT2D eigenvalue weighted by molar-refractivity contribution is -0.124. The number of aryl methyl sites for hydroxylation is 1. The highest BCUT2D eigenvalue weighted by atomic mass is 79.9. The van der Waals surface area contributed by atoms with Crippen molar-refractivity contribution in [1.29, 1.82) is 0 Å². The van der Waals surface area contributed by atoms with E-state index in [0.29, 0.717) is 14.8 Å². The Hall–Kier alpha value is -0.850. The Kier molecular flexibility index (Phi) is 5.13. The lowest BCUT2D eigenvalue weighted by Crippen LogP contribution is -2.39. The molecule has 1 amide bonds. The fourth-order valence-corrected chi connectivity index (χ4v) is 5.13. The number of halogens is 1. The van der Waals surface area contributed by atoms with E-state index in [1.165, 1.54) is 18.2 Å². The van der Waals surface area contributed by atoms with Crippen LogP contribution in [-0.2, 0) is 4.79 Å². The minimum absolute atomic E-state index is 0.0241. The predicted octanol–water partition coefficient (Wildman–Crippen LogP) is 5.00. The Balaban J connectivity index is 1.90. The minimum Gasteiger partial charge on any atom is -0.507 e. The van der Waals surface area contributed by atoms with Crippen molar-refractivity contribution >= 4 is 56.2 Å². The van der Waals surface area contributed by atoms with Gasteiger partial charge in [-0.25, -0.2) is 0 Å². The van der Waals surface area contributed by atoms with Crippen molar-refractivity contribution in [3.8, 4) is 5.75 Å². The van der Waals surface area contributed by atoms with Crippen LogP contribution < -0.4 is 0 Å². The van der Waals surface area contributed by atoms with E-state index in [9.17, 15) is 9.90 Å². The van der Waals surface area contributed by atoms with Gasteiger partial charge in [-0.05, 0) is 43.5 Å². The quantitative estimate of drug-likeness (QED) is 0.549. The SMILES string of the molecule is Cc1cc(Br)cc(C=C2SC(=S)N(C3CCCCC3)C2=O)c1O. The molecule has 0 radical (unpaired) electrons. The minimum atomic E-state index is -0.0241. The first kappa shape index (κ1) is 17.0. The molecule has 0 aromatic heterocycles. The highest BCUT2D eigenvalue weighted by Crippen LogP contribution is 2.39. The first-order valence-electron chi connectivity index (χ1n) is 7.73. The molecule has 122 valence electrons. The molecule has 1 aliphatic heterocycles. The number of phenols is 1. The summed E-state index contributed by atoms with van der Waals surface area (Å²) in [6, 6.07) is 3.90. The van der Waals surface area contributed by atoms with Gasteiger partial charge in [-0.15, -0.1) is 0 Å². The molecule has 1 aromatic carbocycles. The molecule has 2 aliphatic rings. The van der Waals surface area contributed by atoms with Gasteiger partial charge in [-0.1, -0.05) is 59.2 Å². The lowest BCUT2D eigenvalue weighted by Gasteiger charge is -2.29. The Morgan fingerprint density at radius 3 is 2.74 bits per heavy atom. The van der Waals surface area contributed by atoms with Crippen LogP contribution in [-0.4, -0.2) is 26.3 Å². The van der Waals surface area contributed by atoms with Crippen LogP contribution in [0.5, 0.6) is 5.75 Å². The van der Waals surface area contributed by atoms with Gasteiger partial charge in [0.1, 0.15) is 10.1 Å². The summed E-state index contributed by atoms with van der Waals surface area (Å²) in [6.07, 6.45) is 7.36. The molecule has 1 N–H and O–H groups in total. The number of nitrogens with zero attached hydrogens (tertiary/aromatic N) is 1. The van der Waals surface area contributed by atoms with E-state index in [1.54, 1.807) is 11.0 Å². The van der Waals surface area contributed by atoms with Gasteiger partial charge in [0, 0.05) is 16.1 Å². The molecule has 3 rings (SSSR count). The van der Waals surface area contributed by atoms with Crippen molar-refractivity contribution < 1.29 is 9.90 Å². The van der Waals surface area contributed by atoms with Crippen molar-refractivity contribution in [1.82, 2.24) is 4.90 Å². The second-order valence-electron chi connectivity index (χ2n) is 6.00. The van der Waals surface area contributed by atoms with Gasteiger partial charge in [0.05, 0.1) is 4.91 Å². The number of benzene rings is 1. The van der Waals surface area contributed by atoms with Crippen molar-refractivity contribution in [3.63, 3.8) is 0 Å². The van der Waals surface area contributed by atoms with Crippen LogP contribution in [0, 0.1) is 6.92 Å². The predicted molar refractivity (Wildman–Crippen MR) is 102 cm³/mol. The van der Waals surface area contributed by atoms with Crippen LogP contribution >= 0.6 is 39.9 Å². The summed E-state index contributed by atoms with van der Waals surface area (Å²) in [4.78, 5) is 15.1. The molecule has 23 heavy (non-hydrogen) atoms. The molecule has 3 nitrogen and oxygen atoms in total. The van der Waals surface area contributed by atoms with Crippen LogP contribution in [0.1, 0.15) is 43.2 Å². The van der Waals surface area contributed by atoms with Crippen molar-refractivity contribution in [2.24, 2.45) is 0 Å². The second kappa shape index (κ2) is 6.95. The van der Waals surface area contributed by atoms with Gasteiger partial charge < -0.3 is 5.11 Å². The molecule has 0 spiro atoms. The third-order valence-corrected chi connectivity index (χ3v) is 6.13. The smallest absolute Gasteiger partial charge is 0.266 e. The Labute approximate surface area is 154 Å². The third kappa shape index (κ3) is 3.49. The molecule has 1 saturated carbocycles. The number of amides is 1. The molecular formula is C17H18BrNO2S2. The van der Waals surface area contributed by atoms with Crippen LogP contribution in [0.25, 0.3) is 6.08 Å².